The van der Waals surface area contributed by atoms with Crippen molar-refractivity contribution in [2.45, 2.75) is 5.51 Å². The maximum atomic E-state index is 13.2. The number of fused-ring (bicyclic) bond motifs is 1. The van der Waals surface area contributed by atoms with Gasteiger partial charge in [0.1, 0.15) is 0 Å². The summed E-state index contributed by atoms with van der Waals surface area (Å²) in [5, 5.41) is 0.705. The number of H-pyrrole nitrogens is 1. The molecule has 0 aliphatic rings. The first kappa shape index (κ1) is 16.7. The molecule has 1 N–H and O–H groups in total. The van der Waals surface area contributed by atoms with Gasteiger partial charge < -0.3 is 4.98 Å². The fraction of sp³-hybridized carbons (Fsp3) is 0.0667. The van der Waals surface area contributed by atoms with Crippen LogP contribution in [0, 0.1) is 0 Å². The number of anilines is 2. The van der Waals surface area contributed by atoms with Crippen molar-refractivity contribution in [3.8, 4) is 0 Å². The fourth-order valence-corrected chi connectivity index (χ4v) is 3.58. The number of alkyl halides is 3. The van der Waals surface area contributed by atoms with Crippen LogP contribution in [0.15, 0.2) is 54.7 Å². The highest BCUT2D eigenvalue weighted by atomic mass is 35.5. The van der Waals surface area contributed by atoms with Crippen molar-refractivity contribution in [1.82, 2.24) is 4.98 Å². The SMILES string of the molecule is O=S(=O)(N(c1ccccc1)c1cccc2c(Cl)c[nH]c12)C(F)(F)F. The number of benzene rings is 2. The molecule has 0 bridgehead atoms. The van der Waals surface area contributed by atoms with Gasteiger partial charge >= 0.3 is 15.5 Å². The zero-order valence-electron chi connectivity index (χ0n) is 11.9. The molecule has 9 heteroatoms. The lowest BCUT2D eigenvalue weighted by Crippen LogP contribution is -2.37. The summed E-state index contributed by atoms with van der Waals surface area (Å²) in [6.45, 7) is 0. The molecule has 0 atom stereocenters. The van der Waals surface area contributed by atoms with Crippen LogP contribution in [0.4, 0.5) is 24.5 Å². The van der Waals surface area contributed by atoms with E-state index in [-0.39, 0.29) is 26.2 Å². The average molecular weight is 375 g/mol. The van der Waals surface area contributed by atoms with E-state index in [1.165, 1.54) is 42.6 Å². The minimum atomic E-state index is -5.66. The van der Waals surface area contributed by atoms with Gasteiger partial charge in [0, 0.05) is 11.6 Å². The third-order valence-electron chi connectivity index (χ3n) is 3.39. The van der Waals surface area contributed by atoms with Crippen molar-refractivity contribution in [1.29, 1.82) is 0 Å². The van der Waals surface area contributed by atoms with Gasteiger partial charge in [-0.3, -0.25) is 0 Å². The number of sulfonamides is 1. The summed E-state index contributed by atoms with van der Waals surface area (Å²) in [4.78, 5) is 2.72. The van der Waals surface area contributed by atoms with E-state index in [1.807, 2.05) is 0 Å². The molecule has 0 amide bonds. The van der Waals surface area contributed by atoms with Gasteiger partial charge in [0.15, 0.2) is 0 Å². The molecule has 0 saturated carbocycles. The Hall–Kier alpha value is -2.19. The summed E-state index contributed by atoms with van der Waals surface area (Å²) in [7, 11) is -5.66. The van der Waals surface area contributed by atoms with Crippen molar-refractivity contribution in [2.75, 3.05) is 4.31 Å². The van der Waals surface area contributed by atoms with Crippen LogP contribution < -0.4 is 4.31 Å². The van der Waals surface area contributed by atoms with Crippen molar-refractivity contribution >= 4 is 43.9 Å². The molecule has 0 aliphatic carbocycles. The minimum Gasteiger partial charge on any atom is -0.358 e. The van der Waals surface area contributed by atoms with E-state index in [4.69, 9.17) is 11.6 Å². The maximum Gasteiger partial charge on any atom is 0.517 e. The van der Waals surface area contributed by atoms with E-state index in [9.17, 15) is 21.6 Å². The van der Waals surface area contributed by atoms with Crippen molar-refractivity contribution < 1.29 is 21.6 Å². The number of para-hydroxylation sites is 2. The van der Waals surface area contributed by atoms with Crippen LogP contribution in [0.2, 0.25) is 5.02 Å². The first-order chi connectivity index (χ1) is 11.2. The van der Waals surface area contributed by atoms with Crippen LogP contribution in [-0.2, 0) is 10.0 Å². The maximum absolute atomic E-state index is 13.2. The molecule has 0 unspecified atom stereocenters. The second-order valence-corrected chi connectivity index (χ2v) is 7.07. The van der Waals surface area contributed by atoms with Crippen LogP contribution >= 0.6 is 11.6 Å². The van der Waals surface area contributed by atoms with Crippen molar-refractivity contribution in [3.05, 3.63) is 59.8 Å². The fourth-order valence-electron chi connectivity index (χ4n) is 2.35. The van der Waals surface area contributed by atoms with Crippen LogP contribution in [0.5, 0.6) is 0 Å². The van der Waals surface area contributed by atoms with Crippen LogP contribution in [0.1, 0.15) is 0 Å². The van der Waals surface area contributed by atoms with E-state index < -0.39 is 15.5 Å². The summed E-state index contributed by atoms with van der Waals surface area (Å²) in [6.07, 6.45) is 1.39. The quantitative estimate of drug-likeness (QED) is 0.715. The smallest absolute Gasteiger partial charge is 0.358 e. The van der Waals surface area contributed by atoms with Gasteiger partial charge in [0.05, 0.1) is 21.9 Å². The van der Waals surface area contributed by atoms with Crippen LogP contribution in [0.3, 0.4) is 0 Å². The molecule has 0 spiro atoms. The first-order valence-corrected chi connectivity index (χ1v) is 8.47. The second-order valence-electron chi connectivity index (χ2n) is 4.89. The molecule has 2 aromatic carbocycles. The summed E-state index contributed by atoms with van der Waals surface area (Å²) < 4.78 is 64.2. The largest absolute Gasteiger partial charge is 0.517 e. The van der Waals surface area contributed by atoms with E-state index in [2.05, 4.69) is 4.98 Å². The number of halogens is 4. The predicted molar refractivity (Wildman–Crippen MR) is 86.9 cm³/mol. The van der Waals surface area contributed by atoms with Gasteiger partial charge in [-0.1, -0.05) is 41.9 Å². The Morgan fingerprint density at radius 2 is 1.67 bits per heavy atom. The summed E-state index contributed by atoms with van der Waals surface area (Å²) >= 11 is 5.98. The van der Waals surface area contributed by atoms with Gasteiger partial charge in [-0.15, -0.1) is 0 Å². The van der Waals surface area contributed by atoms with Gasteiger partial charge in [-0.05, 0) is 18.2 Å². The Morgan fingerprint density at radius 3 is 2.29 bits per heavy atom. The van der Waals surface area contributed by atoms with E-state index >= 15 is 0 Å². The molecule has 0 saturated heterocycles. The first-order valence-electron chi connectivity index (χ1n) is 6.66. The highest BCUT2D eigenvalue weighted by Crippen LogP contribution is 2.40. The summed E-state index contributed by atoms with van der Waals surface area (Å²) in [5.74, 6) is 0. The average Bonchev–Trinajstić information content (AvgIpc) is 2.90. The Balaban J connectivity index is 2.34. The molecule has 0 radical (unpaired) electrons. The molecule has 3 aromatic rings. The topological polar surface area (TPSA) is 53.2 Å². The van der Waals surface area contributed by atoms with E-state index in [1.54, 1.807) is 12.1 Å². The lowest BCUT2D eigenvalue weighted by molar-refractivity contribution is -0.0435. The van der Waals surface area contributed by atoms with Crippen LogP contribution in [-0.4, -0.2) is 18.9 Å². The number of aromatic nitrogens is 1. The molecule has 126 valence electrons. The zero-order valence-corrected chi connectivity index (χ0v) is 13.5. The predicted octanol–water partition coefficient (Wildman–Crippen LogP) is 4.81. The summed E-state index contributed by atoms with van der Waals surface area (Å²) in [5.41, 5.74) is -5.56. The molecule has 0 aliphatic heterocycles. The molecule has 3 rings (SSSR count). The van der Waals surface area contributed by atoms with E-state index in [0.29, 0.717) is 5.39 Å². The van der Waals surface area contributed by atoms with Gasteiger partial charge in [0.25, 0.3) is 0 Å². The molecule has 24 heavy (non-hydrogen) atoms. The molecule has 0 fully saturated rings. The Labute approximate surface area is 140 Å². The number of nitrogens with zero attached hydrogens (tertiary/aromatic N) is 1. The molecule has 1 heterocycles. The van der Waals surface area contributed by atoms with Gasteiger partial charge in [0.2, 0.25) is 0 Å². The third-order valence-corrected chi connectivity index (χ3v) is 5.17. The van der Waals surface area contributed by atoms with Crippen LogP contribution in [0.25, 0.3) is 10.9 Å². The van der Waals surface area contributed by atoms with E-state index in [0.717, 1.165) is 0 Å². The van der Waals surface area contributed by atoms with Crippen molar-refractivity contribution in [3.63, 3.8) is 0 Å². The minimum absolute atomic E-state index is 0.131. The molecule has 4 nitrogen and oxygen atoms in total. The van der Waals surface area contributed by atoms with Crippen molar-refractivity contribution in [2.24, 2.45) is 0 Å². The summed E-state index contributed by atoms with van der Waals surface area (Å²) in [6, 6.07) is 11.4. The van der Waals surface area contributed by atoms with Gasteiger partial charge in [-0.2, -0.15) is 21.6 Å². The Morgan fingerprint density at radius 1 is 1.00 bits per heavy atom. The number of hydrogen-bond donors (Lipinski definition) is 1. The normalized spacial score (nSPS) is 12.5. The standard InChI is InChI=1S/C15H10ClF3N2O2S/c16-12-9-20-14-11(12)7-4-8-13(14)21(10-5-2-1-3-6-10)24(22,23)15(17,18)19/h1-9,20H. The number of hydrogen-bond acceptors (Lipinski definition) is 2. The lowest BCUT2D eigenvalue weighted by atomic mass is 10.2. The monoisotopic (exact) mass is 374 g/mol. The Kier molecular flexibility index (Phi) is 3.97. The highest BCUT2D eigenvalue weighted by molar-refractivity contribution is 7.94. The highest BCUT2D eigenvalue weighted by Gasteiger charge is 2.51. The molecular weight excluding hydrogens is 365 g/mol. The Bertz CT molecular complexity index is 985. The number of rotatable bonds is 3. The zero-order chi connectivity index (χ0) is 17.5. The van der Waals surface area contributed by atoms with Gasteiger partial charge in [-0.25, -0.2) is 4.31 Å². The second kappa shape index (κ2) is 5.71. The molecule has 1 aromatic heterocycles. The number of nitrogens with one attached hydrogen (secondary N) is 1. The molecular formula is C15H10ClF3N2O2S. The third kappa shape index (κ3) is 2.61. The lowest BCUT2D eigenvalue weighted by Gasteiger charge is -2.26. The number of aromatic amines is 1.